The van der Waals surface area contributed by atoms with E-state index < -0.39 is 17.7 Å². The van der Waals surface area contributed by atoms with Gasteiger partial charge in [-0.1, -0.05) is 0 Å². The molecule has 218 valence electrons. The number of carbonyl (C=O) groups is 3. The molecule has 1 saturated heterocycles. The van der Waals surface area contributed by atoms with Crippen LogP contribution in [0, 0.1) is 13.8 Å². The minimum absolute atomic E-state index is 0.0753. The number of benzene rings is 2. The molecule has 0 bridgehead atoms. The standard InChI is InChI=1S/C27H29N3O4.C2HF3O2/c1-4-33-24-6-5-19(22-7-10-28-29-22)15-21(24)26(32)30-11-8-27(9-12-30)16-23(31)20-13-17(2)18(3)14-25(20)34-27;3-2(4,5)1(6)7/h5-7,10,13-15H,4,8-9,11-12,16H2,1-3H3,(H,28,29);(H,6,7). The van der Waals surface area contributed by atoms with Gasteiger partial charge in [0.2, 0.25) is 0 Å². The largest absolute Gasteiger partial charge is 0.493 e. The van der Waals surface area contributed by atoms with Crippen LogP contribution in [0.1, 0.15) is 58.0 Å². The van der Waals surface area contributed by atoms with Crippen LogP contribution < -0.4 is 9.47 Å². The van der Waals surface area contributed by atoms with Crippen molar-refractivity contribution < 1.29 is 42.1 Å². The Bertz CT molecular complexity index is 1440. The molecule has 2 N–H and O–H groups in total. The minimum atomic E-state index is -5.08. The number of aliphatic carboxylic acids is 1. The predicted molar refractivity (Wildman–Crippen MR) is 142 cm³/mol. The lowest BCUT2D eigenvalue weighted by Gasteiger charge is -2.44. The van der Waals surface area contributed by atoms with Crippen molar-refractivity contribution in [1.82, 2.24) is 15.1 Å². The fraction of sp³-hybridized carbons (Fsp3) is 0.379. The summed E-state index contributed by atoms with van der Waals surface area (Å²) in [6.45, 7) is 7.45. The van der Waals surface area contributed by atoms with Crippen molar-refractivity contribution >= 4 is 17.7 Å². The van der Waals surface area contributed by atoms with Crippen LogP contribution >= 0.6 is 0 Å². The Hall–Kier alpha value is -4.35. The van der Waals surface area contributed by atoms with Gasteiger partial charge in [0.15, 0.2) is 5.78 Å². The number of aromatic nitrogens is 2. The van der Waals surface area contributed by atoms with Gasteiger partial charge in [0.25, 0.3) is 5.91 Å². The number of nitrogens with zero attached hydrogens (tertiary/aromatic N) is 2. The number of H-pyrrole nitrogens is 1. The van der Waals surface area contributed by atoms with E-state index in [1.807, 2.05) is 62.1 Å². The zero-order valence-corrected chi connectivity index (χ0v) is 22.8. The zero-order valence-electron chi connectivity index (χ0n) is 22.8. The first-order valence-electron chi connectivity index (χ1n) is 13.0. The van der Waals surface area contributed by atoms with Crippen LogP contribution in [0.3, 0.4) is 0 Å². The summed E-state index contributed by atoms with van der Waals surface area (Å²) in [4.78, 5) is 37.2. The Balaban J connectivity index is 0.000000493. The molecule has 9 nitrogen and oxygen atoms in total. The molecule has 2 aliphatic heterocycles. The molecule has 1 aromatic heterocycles. The second-order valence-corrected chi connectivity index (χ2v) is 10.0. The van der Waals surface area contributed by atoms with Gasteiger partial charge in [0, 0.05) is 37.7 Å². The number of carboxylic acids is 1. The van der Waals surface area contributed by atoms with E-state index in [-0.39, 0.29) is 11.7 Å². The molecule has 3 heterocycles. The highest BCUT2D eigenvalue weighted by molar-refractivity contribution is 6.01. The first-order chi connectivity index (χ1) is 19.3. The van der Waals surface area contributed by atoms with Crippen molar-refractivity contribution in [3.05, 3.63) is 64.8 Å². The van der Waals surface area contributed by atoms with Crippen molar-refractivity contribution in [2.75, 3.05) is 19.7 Å². The molecule has 0 radical (unpaired) electrons. The van der Waals surface area contributed by atoms with Gasteiger partial charge in [-0.05, 0) is 68.3 Å². The maximum absolute atomic E-state index is 13.5. The monoisotopic (exact) mass is 573 g/mol. The highest BCUT2D eigenvalue weighted by Crippen LogP contribution is 2.41. The van der Waals surface area contributed by atoms with E-state index in [2.05, 4.69) is 10.2 Å². The third-order valence-corrected chi connectivity index (χ3v) is 7.23. The van der Waals surface area contributed by atoms with Crippen LogP contribution in [0.15, 0.2) is 42.6 Å². The van der Waals surface area contributed by atoms with Crippen molar-refractivity contribution in [2.45, 2.75) is 51.8 Å². The van der Waals surface area contributed by atoms with E-state index in [0.29, 0.717) is 61.6 Å². The Labute approximate surface area is 234 Å². The SMILES string of the molecule is CCOc1ccc(-c2ccn[nH]2)cc1C(=O)N1CCC2(CC1)CC(=O)c1cc(C)c(C)cc1O2.O=C(O)C(F)(F)F. The van der Waals surface area contributed by atoms with E-state index >= 15 is 0 Å². The lowest BCUT2D eigenvalue weighted by atomic mass is 9.81. The summed E-state index contributed by atoms with van der Waals surface area (Å²) in [5.41, 5.74) is 4.56. The predicted octanol–water partition coefficient (Wildman–Crippen LogP) is 5.37. The number of Topliss-reactive ketones (excluding diaryl/α,β-unsaturated/α-hetero) is 1. The quantitative estimate of drug-likeness (QED) is 0.431. The van der Waals surface area contributed by atoms with Gasteiger partial charge in [0.05, 0.1) is 29.8 Å². The lowest BCUT2D eigenvalue weighted by molar-refractivity contribution is -0.192. The number of halogens is 3. The highest BCUT2D eigenvalue weighted by atomic mass is 19.4. The lowest BCUT2D eigenvalue weighted by Crippen LogP contribution is -2.52. The minimum Gasteiger partial charge on any atom is -0.493 e. The topological polar surface area (TPSA) is 122 Å². The number of hydrogen-bond donors (Lipinski definition) is 2. The highest BCUT2D eigenvalue weighted by Gasteiger charge is 2.44. The fourth-order valence-electron chi connectivity index (χ4n) is 4.88. The van der Waals surface area contributed by atoms with Gasteiger partial charge in [-0.25, -0.2) is 4.79 Å². The summed E-state index contributed by atoms with van der Waals surface area (Å²) in [5.74, 6) is -1.47. The average Bonchev–Trinajstić information content (AvgIpc) is 3.45. The molecule has 2 aliphatic rings. The summed E-state index contributed by atoms with van der Waals surface area (Å²) in [7, 11) is 0. The number of hydrogen-bond acceptors (Lipinski definition) is 6. The third-order valence-electron chi connectivity index (χ3n) is 7.23. The van der Waals surface area contributed by atoms with E-state index in [1.54, 1.807) is 6.20 Å². The number of likely N-dealkylation sites (tertiary alicyclic amines) is 1. The number of ether oxygens (including phenoxy) is 2. The number of amides is 1. The molecule has 0 unspecified atom stereocenters. The Morgan fingerprint density at radius 3 is 2.37 bits per heavy atom. The normalized spacial score (nSPS) is 15.9. The molecule has 0 aliphatic carbocycles. The van der Waals surface area contributed by atoms with Crippen LogP contribution in [-0.4, -0.2) is 69.3 Å². The van der Waals surface area contributed by atoms with Gasteiger partial charge in [0.1, 0.15) is 17.1 Å². The van der Waals surface area contributed by atoms with Crippen molar-refractivity contribution in [2.24, 2.45) is 0 Å². The fourth-order valence-corrected chi connectivity index (χ4v) is 4.88. The Kier molecular flexibility index (Phi) is 8.41. The summed E-state index contributed by atoms with van der Waals surface area (Å²) in [6.07, 6.45) is -1.82. The molecule has 0 atom stereocenters. The molecular weight excluding hydrogens is 543 g/mol. The van der Waals surface area contributed by atoms with Crippen LogP contribution in [0.25, 0.3) is 11.3 Å². The van der Waals surface area contributed by atoms with Crippen molar-refractivity contribution in [1.29, 1.82) is 0 Å². The van der Waals surface area contributed by atoms with Crippen LogP contribution in [0.4, 0.5) is 13.2 Å². The smallest absolute Gasteiger partial charge is 0.490 e. The number of ketones is 1. The van der Waals surface area contributed by atoms with Crippen molar-refractivity contribution in [3.63, 3.8) is 0 Å². The van der Waals surface area contributed by atoms with Gasteiger partial charge in [-0.3, -0.25) is 14.7 Å². The summed E-state index contributed by atoms with van der Waals surface area (Å²) in [5, 5.41) is 14.1. The van der Waals surface area contributed by atoms with Gasteiger partial charge < -0.3 is 19.5 Å². The zero-order chi connectivity index (χ0) is 29.9. The average molecular weight is 574 g/mol. The molecule has 3 aromatic rings. The Morgan fingerprint density at radius 1 is 1.12 bits per heavy atom. The van der Waals surface area contributed by atoms with Crippen molar-refractivity contribution in [3.8, 4) is 22.8 Å². The molecule has 1 amide bonds. The number of rotatable bonds is 4. The summed E-state index contributed by atoms with van der Waals surface area (Å²) in [6, 6.07) is 11.4. The summed E-state index contributed by atoms with van der Waals surface area (Å²) < 4.78 is 43.9. The van der Waals surface area contributed by atoms with Crippen LogP contribution in [0.2, 0.25) is 0 Å². The van der Waals surface area contributed by atoms with E-state index in [4.69, 9.17) is 19.4 Å². The van der Waals surface area contributed by atoms with E-state index in [9.17, 15) is 22.8 Å². The van der Waals surface area contributed by atoms with E-state index in [0.717, 1.165) is 22.4 Å². The molecule has 0 saturated carbocycles. The maximum Gasteiger partial charge on any atom is 0.490 e. The first-order valence-corrected chi connectivity index (χ1v) is 13.0. The van der Waals surface area contributed by atoms with Gasteiger partial charge in [-0.15, -0.1) is 0 Å². The number of alkyl halides is 3. The number of fused-ring (bicyclic) bond motifs is 1. The summed E-state index contributed by atoms with van der Waals surface area (Å²) >= 11 is 0. The van der Waals surface area contributed by atoms with Crippen LogP contribution in [-0.2, 0) is 4.79 Å². The molecular formula is C29H30F3N3O6. The maximum atomic E-state index is 13.5. The second kappa shape index (κ2) is 11.6. The Morgan fingerprint density at radius 2 is 1.78 bits per heavy atom. The number of nitrogens with one attached hydrogen (secondary N) is 1. The molecule has 1 spiro atoms. The number of carboxylic acid groups (broad SMARTS) is 1. The first kappa shape index (κ1) is 29.6. The second-order valence-electron chi connectivity index (χ2n) is 10.0. The van der Waals surface area contributed by atoms with Crippen LogP contribution in [0.5, 0.6) is 11.5 Å². The van der Waals surface area contributed by atoms with Gasteiger partial charge in [-0.2, -0.15) is 18.3 Å². The van der Waals surface area contributed by atoms with Gasteiger partial charge >= 0.3 is 12.1 Å². The molecule has 41 heavy (non-hydrogen) atoms. The molecule has 12 heteroatoms. The molecule has 1 fully saturated rings. The number of aryl methyl sites for hydroxylation is 2. The number of aromatic amines is 1. The molecule has 5 rings (SSSR count). The third kappa shape index (κ3) is 6.53. The number of piperidine rings is 1. The van der Waals surface area contributed by atoms with E-state index in [1.165, 1.54) is 0 Å². The molecule has 2 aromatic carbocycles. The number of carbonyl (C=O) groups excluding carboxylic acids is 2.